The molecule has 4 rings (SSSR count). The Morgan fingerprint density at radius 3 is 2.41 bits per heavy atom. The number of fused-ring (bicyclic) bond motifs is 2. The minimum atomic E-state index is -1.13. The van der Waals surface area contributed by atoms with Crippen molar-refractivity contribution in [2.24, 2.45) is 5.73 Å². The fraction of sp³-hybridized carbons (Fsp3) is 0.483. The average Bonchev–Trinajstić information content (AvgIpc) is 3.15. The molecule has 37 heavy (non-hydrogen) atoms. The molecule has 198 valence electrons. The van der Waals surface area contributed by atoms with Crippen LogP contribution in [-0.4, -0.2) is 59.1 Å². The molecule has 1 unspecified atom stereocenters. The molecule has 1 aliphatic carbocycles. The van der Waals surface area contributed by atoms with Crippen LogP contribution in [-0.2, 0) is 31.1 Å². The van der Waals surface area contributed by atoms with Gasteiger partial charge in [-0.3, -0.25) is 14.4 Å². The lowest BCUT2D eigenvalue weighted by molar-refractivity contribution is -0.140. The first-order valence-corrected chi connectivity index (χ1v) is 12.9. The smallest absolute Gasteiger partial charge is 0.303 e. The molecule has 2 aromatic carbocycles. The number of carboxylic acids is 1. The zero-order valence-electron chi connectivity index (χ0n) is 21.6. The summed E-state index contributed by atoms with van der Waals surface area (Å²) >= 11 is 0. The van der Waals surface area contributed by atoms with Crippen LogP contribution in [0, 0.1) is 0 Å². The van der Waals surface area contributed by atoms with E-state index in [-0.39, 0.29) is 30.3 Å². The first-order chi connectivity index (χ1) is 17.6. The van der Waals surface area contributed by atoms with Crippen molar-refractivity contribution in [2.45, 2.75) is 69.1 Å². The quantitative estimate of drug-likeness (QED) is 0.480. The molecule has 1 aliphatic heterocycles. The van der Waals surface area contributed by atoms with Gasteiger partial charge in [0.1, 0.15) is 6.04 Å². The monoisotopic (exact) mass is 507 g/mol. The number of ether oxygens (including phenoxy) is 1. The largest absolute Gasteiger partial charge is 0.481 e. The number of hydrogen-bond acceptors (Lipinski definition) is 5. The Morgan fingerprint density at radius 2 is 1.76 bits per heavy atom. The van der Waals surface area contributed by atoms with E-state index in [0.717, 1.165) is 30.4 Å². The van der Waals surface area contributed by atoms with Crippen LogP contribution in [0.15, 0.2) is 54.6 Å². The summed E-state index contributed by atoms with van der Waals surface area (Å²) in [5.74, 6) is -1.40. The van der Waals surface area contributed by atoms with Gasteiger partial charge in [0.15, 0.2) is 0 Å². The molecule has 2 atom stereocenters. The molecule has 8 nitrogen and oxygen atoms in total. The van der Waals surface area contributed by atoms with E-state index in [1.807, 2.05) is 48.5 Å². The van der Waals surface area contributed by atoms with Crippen molar-refractivity contribution in [1.82, 2.24) is 10.2 Å². The fourth-order valence-corrected chi connectivity index (χ4v) is 5.66. The molecule has 1 saturated heterocycles. The van der Waals surface area contributed by atoms with Gasteiger partial charge in [0, 0.05) is 13.1 Å². The number of aliphatic carboxylic acids is 1. The van der Waals surface area contributed by atoms with Crippen LogP contribution < -0.4 is 11.1 Å². The summed E-state index contributed by atoms with van der Waals surface area (Å²) in [5.41, 5.74) is 8.04. The maximum atomic E-state index is 13.6. The van der Waals surface area contributed by atoms with Crippen molar-refractivity contribution >= 4 is 17.8 Å². The molecule has 1 heterocycles. The Balaban J connectivity index is 1.44. The lowest BCUT2D eigenvalue weighted by Gasteiger charge is -2.41. The maximum Gasteiger partial charge on any atom is 0.303 e. The van der Waals surface area contributed by atoms with Crippen molar-refractivity contribution in [3.63, 3.8) is 0 Å². The van der Waals surface area contributed by atoms with Crippen LogP contribution in [0.25, 0.3) is 0 Å². The van der Waals surface area contributed by atoms with Gasteiger partial charge in [-0.05, 0) is 61.1 Å². The van der Waals surface area contributed by atoms with Crippen LogP contribution in [0.4, 0.5) is 0 Å². The normalized spacial score (nSPS) is 19.3. The van der Waals surface area contributed by atoms with Gasteiger partial charge < -0.3 is 25.8 Å². The van der Waals surface area contributed by atoms with Crippen LogP contribution in [0.3, 0.4) is 0 Å². The minimum Gasteiger partial charge on any atom is -0.481 e. The molecular formula is C29H37N3O5. The molecule has 2 aromatic rings. The Hall–Kier alpha value is -3.23. The molecule has 0 saturated carbocycles. The van der Waals surface area contributed by atoms with E-state index < -0.39 is 23.5 Å². The van der Waals surface area contributed by atoms with E-state index in [2.05, 4.69) is 11.4 Å². The second-order valence-electron chi connectivity index (χ2n) is 10.9. The lowest BCUT2D eigenvalue weighted by Crippen LogP contribution is -2.59. The summed E-state index contributed by atoms with van der Waals surface area (Å²) in [4.78, 5) is 39.5. The van der Waals surface area contributed by atoms with Gasteiger partial charge in [0.05, 0.1) is 25.2 Å². The summed E-state index contributed by atoms with van der Waals surface area (Å²) in [6.45, 7) is 4.64. The minimum absolute atomic E-state index is 0.0128. The Bertz CT molecular complexity index is 1120. The predicted octanol–water partition coefficient (Wildman–Crippen LogP) is 2.95. The number of carboxylic acid groups (broad SMARTS) is 1. The molecular weight excluding hydrogens is 470 g/mol. The molecule has 1 spiro atoms. The zero-order chi connectivity index (χ0) is 26.6. The first-order valence-electron chi connectivity index (χ1n) is 12.9. The Labute approximate surface area is 218 Å². The number of benzene rings is 2. The summed E-state index contributed by atoms with van der Waals surface area (Å²) < 4.78 is 5.84. The van der Waals surface area contributed by atoms with Gasteiger partial charge in [-0.2, -0.15) is 0 Å². The second kappa shape index (κ2) is 11.0. The van der Waals surface area contributed by atoms with Crippen molar-refractivity contribution in [3.8, 4) is 0 Å². The predicted molar refractivity (Wildman–Crippen MR) is 140 cm³/mol. The summed E-state index contributed by atoms with van der Waals surface area (Å²) in [5, 5.41) is 12.2. The molecule has 0 bridgehead atoms. The number of hydrogen-bond donors (Lipinski definition) is 3. The molecule has 1 fully saturated rings. The third kappa shape index (κ3) is 6.19. The van der Waals surface area contributed by atoms with Crippen molar-refractivity contribution in [2.75, 3.05) is 19.7 Å². The van der Waals surface area contributed by atoms with E-state index >= 15 is 0 Å². The van der Waals surface area contributed by atoms with Crippen LogP contribution >= 0.6 is 0 Å². The van der Waals surface area contributed by atoms with Crippen molar-refractivity contribution in [1.29, 1.82) is 0 Å². The number of carbonyl (C=O) groups excluding carboxylic acids is 2. The van der Waals surface area contributed by atoms with Crippen LogP contribution in [0.5, 0.6) is 0 Å². The molecule has 2 amide bonds. The third-order valence-electron chi connectivity index (χ3n) is 7.65. The number of amides is 2. The second-order valence-corrected chi connectivity index (χ2v) is 10.9. The topological polar surface area (TPSA) is 122 Å². The number of likely N-dealkylation sites (tertiary alicyclic amines) is 1. The number of nitrogens with one attached hydrogen (secondary N) is 1. The molecule has 8 heteroatoms. The molecule has 0 aromatic heterocycles. The van der Waals surface area contributed by atoms with E-state index in [1.165, 1.54) is 5.56 Å². The highest BCUT2D eigenvalue weighted by Gasteiger charge is 2.46. The Kier molecular flexibility index (Phi) is 7.99. The maximum absolute atomic E-state index is 13.6. The highest BCUT2D eigenvalue weighted by Crippen LogP contribution is 2.52. The lowest BCUT2D eigenvalue weighted by atomic mass is 9.73. The Morgan fingerprint density at radius 1 is 1.11 bits per heavy atom. The number of nitrogens with two attached hydrogens (primary N) is 1. The van der Waals surface area contributed by atoms with Crippen LogP contribution in [0.1, 0.15) is 62.1 Å². The van der Waals surface area contributed by atoms with Gasteiger partial charge in [-0.1, -0.05) is 54.6 Å². The number of piperidine rings is 1. The number of rotatable bonds is 9. The molecule has 0 radical (unpaired) electrons. The van der Waals surface area contributed by atoms with Gasteiger partial charge in [-0.25, -0.2) is 0 Å². The SMILES string of the molecule is CC(C)(N)C(=O)N[C@H](COCc1ccccc1)C(=O)N1CCC2(CC1)CC(CC(=O)O)c1ccccc12. The van der Waals surface area contributed by atoms with E-state index in [1.54, 1.807) is 18.7 Å². The summed E-state index contributed by atoms with van der Waals surface area (Å²) in [6, 6.07) is 16.9. The number of carbonyl (C=O) groups is 3. The average molecular weight is 508 g/mol. The van der Waals surface area contributed by atoms with Gasteiger partial charge in [0.25, 0.3) is 0 Å². The first kappa shape index (κ1) is 26.8. The summed E-state index contributed by atoms with van der Waals surface area (Å²) in [6.07, 6.45) is 2.39. The molecule has 4 N–H and O–H groups in total. The van der Waals surface area contributed by atoms with Gasteiger partial charge in [-0.15, -0.1) is 0 Å². The number of nitrogens with zero attached hydrogens (tertiary/aromatic N) is 1. The van der Waals surface area contributed by atoms with Crippen LogP contribution in [0.2, 0.25) is 0 Å². The van der Waals surface area contributed by atoms with E-state index in [0.29, 0.717) is 19.7 Å². The van der Waals surface area contributed by atoms with Gasteiger partial charge >= 0.3 is 5.97 Å². The fourth-order valence-electron chi connectivity index (χ4n) is 5.66. The van der Waals surface area contributed by atoms with E-state index in [4.69, 9.17) is 10.5 Å². The highest BCUT2D eigenvalue weighted by atomic mass is 16.5. The van der Waals surface area contributed by atoms with Crippen molar-refractivity contribution in [3.05, 3.63) is 71.3 Å². The van der Waals surface area contributed by atoms with Crippen molar-refractivity contribution < 1.29 is 24.2 Å². The standard InChI is InChI=1S/C29H37N3O5/c1-28(2,30)27(36)31-24(19-37-18-20-8-4-3-5-9-20)26(35)32-14-12-29(13-15-32)17-21(16-25(33)34)22-10-6-7-11-23(22)29/h3-11,21,24H,12-19,30H2,1-2H3,(H,31,36)(H,33,34)/t21?,24-/m1/s1. The zero-order valence-corrected chi connectivity index (χ0v) is 21.6. The molecule has 2 aliphatic rings. The third-order valence-corrected chi connectivity index (χ3v) is 7.65. The highest BCUT2D eigenvalue weighted by molar-refractivity contribution is 5.91. The van der Waals surface area contributed by atoms with E-state index in [9.17, 15) is 19.5 Å². The van der Waals surface area contributed by atoms with Gasteiger partial charge in [0.2, 0.25) is 11.8 Å². The summed E-state index contributed by atoms with van der Waals surface area (Å²) in [7, 11) is 0.